The van der Waals surface area contributed by atoms with E-state index in [2.05, 4.69) is 0 Å². The third kappa shape index (κ3) is 3.63. The highest BCUT2D eigenvalue weighted by molar-refractivity contribution is 5.77. The van der Waals surface area contributed by atoms with Crippen LogP contribution in [0.15, 0.2) is 18.2 Å². The average Bonchev–Trinajstić information content (AvgIpc) is 2.76. The van der Waals surface area contributed by atoms with Crippen LogP contribution in [0.5, 0.6) is 5.75 Å². The number of nitrogens with one attached hydrogen (secondary N) is 1. The maximum atomic E-state index is 11.9. The minimum Gasteiger partial charge on any atom is -0.483 e. The number of aliphatic hydroxyl groups is 1. The Bertz CT molecular complexity index is 502. The van der Waals surface area contributed by atoms with Gasteiger partial charge in [0.1, 0.15) is 12.3 Å². The molecule has 0 aromatic heterocycles. The average molecular weight is 289 g/mol. The monoisotopic (exact) mass is 289 g/mol. The lowest BCUT2D eigenvalue weighted by atomic mass is 10.1. The van der Waals surface area contributed by atoms with Crippen LogP contribution < -0.4 is 10.1 Å². The van der Waals surface area contributed by atoms with Gasteiger partial charge in [0.15, 0.2) is 6.61 Å². The molecule has 0 aliphatic heterocycles. The summed E-state index contributed by atoms with van der Waals surface area (Å²) < 4.78 is 41.0. The number of amides is 1. The molecule has 2 rings (SSSR count). The van der Waals surface area contributed by atoms with Crippen LogP contribution in [0.2, 0.25) is 0 Å². The maximum Gasteiger partial charge on any atom is 0.405 e. The quantitative estimate of drug-likeness (QED) is 0.887. The number of benzene rings is 1. The summed E-state index contributed by atoms with van der Waals surface area (Å²) in [5.41, 5.74) is 1.56. The number of fused-ring (bicyclic) bond motifs is 1. The third-order valence-corrected chi connectivity index (χ3v) is 3.04. The van der Waals surface area contributed by atoms with Gasteiger partial charge in [-0.25, -0.2) is 0 Å². The van der Waals surface area contributed by atoms with E-state index in [0.29, 0.717) is 18.6 Å². The number of hydrogen-bond donors (Lipinski definition) is 2. The van der Waals surface area contributed by atoms with Crippen molar-refractivity contribution < 1.29 is 27.8 Å². The molecule has 0 radical (unpaired) electrons. The van der Waals surface area contributed by atoms with Crippen LogP contribution in [-0.2, 0) is 11.2 Å². The second-order valence-electron chi connectivity index (χ2n) is 4.56. The number of carbonyl (C=O) groups excluding carboxylic acids is 1. The molecule has 0 saturated heterocycles. The van der Waals surface area contributed by atoms with E-state index in [1.165, 1.54) is 0 Å². The lowest BCUT2D eigenvalue weighted by Crippen LogP contribution is -2.36. The maximum absolute atomic E-state index is 11.9. The first-order chi connectivity index (χ1) is 9.37. The number of ether oxygens (including phenoxy) is 1. The Labute approximate surface area is 113 Å². The molecule has 1 amide bonds. The fourth-order valence-electron chi connectivity index (χ4n) is 2.13. The molecular formula is C13H14F3NO3. The van der Waals surface area contributed by atoms with Crippen molar-refractivity contribution in [3.05, 3.63) is 29.3 Å². The lowest BCUT2D eigenvalue weighted by molar-refractivity contribution is -0.139. The summed E-state index contributed by atoms with van der Waals surface area (Å²) in [5, 5.41) is 11.4. The molecule has 0 fully saturated rings. The van der Waals surface area contributed by atoms with Crippen LogP contribution in [0.1, 0.15) is 23.7 Å². The molecule has 2 N–H and O–H groups in total. The lowest BCUT2D eigenvalue weighted by Gasteiger charge is -2.12. The van der Waals surface area contributed by atoms with E-state index >= 15 is 0 Å². The summed E-state index contributed by atoms with van der Waals surface area (Å²) in [4.78, 5) is 11.2. The minimum absolute atomic E-state index is 0.432. The normalized spacial score (nSPS) is 17.7. The van der Waals surface area contributed by atoms with Gasteiger partial charge in [0, 0.05) is 5.56 Å². The first-order valence-electron chi connectivity index (χ1n) is 6.13. The highest BCUT2D eigenvalue weighted by Gasteiger charge is 2.28. The number of hydrogen-bond acceptors (Lipinski definition) is 3. The number of rotatable bonds is 4. The SMILES string of the molecule is O=C(COc1cccc2c1CCC2O)NCC(F)(F)F. The van der Waals surface area contributed by atoms with Gasteiger partial charge >= 0.3 is 6.18 Å². The molecule has 1 aromatic rings. The third-order valence-electron chi connectivity index (χ3n) is 3.04. The summed E-state index contributed by atoms with van der Waals surface area (Å²) in [7, 11) is 0. The Morgan fingerprint density at radius 1 is 1.45 bits per heavy atom. The molecule has 110 valence electrons. The van der Waals surface area contributed by atoms with Crippen molar-refractivity contribution in [1.29, 1.82) is 0 Å². The summed E-state index contributed by atoms with van der Waals surface area (Å²) in [6.45, 7) is -1.86. The summed E-state index contributed by atoms with van der Waals surface area (Å²) >= 11 is 0. The van der Waals surface area contributed by atoms with E-state index in [1.54, 1.807) is 23.5 Å². The molecule has 0 heterocycles. The van der Waals surface area contributed by atoms with E-state index in [1.807, 2.05) is 0 Å². The molecule has 0 saturated carbocycles. The zero-order valence-electron chi connectivity index (χ0n) is 10.5. The van der Waals surface area contributed by atoms with E-state index in [-0.39, 0.29) is 0 Å². The van der Waals surface area contributed by atoms with Crippen molar-refractivity contribution in [3.8, 4) is 5.75 Å². The number of halogens is 3. The van der Waals surface area contributed by atoms with Crippen molar-refractivity contribution in [2.45, 2.75) is 25.1 Å². The van der Waals surface area contributed by atoms with Crippen molar-refractivity contribution in [1.82, 2.24) is 5.32 Å². The zero-order valence-corrected chi connectivity index (χ0v) is 10.5. The second kappa shape index (κ2) is 5.70. The Morgan fingerprint density at radius 2 is 2.20 bits per heavy atom. The summed E-state index contributed by atoms with van der Waals surface area (Å²) in [6, 6.07) is 5.08. The number of aliphatic hydroxyl groups excluding tert-OH is 1. The van der Waals surface area contributed by atoms with E-state index in [0.717, 1.165) is 11.1 Å². The van der Waals surface area contributed by atoms with Gasteiger partial charge < -0.3 is 15.2 Å². The fraction of sp³-hybridized carbons (Fsp3) is 0.462. The Morgan fingerprint density at radius 3 is 2.90 bits per heavy atom. The van der Waals surface area contributed by atoms with Crippen LogP contribution in [0.3, 0.4) is 0 Å². The molecule has 1 aliphatic rings. The molecule has 0 bridgehead atoms. The van der Waals surface area contributed by atoms with Crippen LogP contribution in [0.25, 0.3) is 0 Å². The molecule has 4 nitrogen and oxygen atoms in total. The summed E-state index contributed by atoms with van der Waals surface area (Å²) in [6.07, 6.45) is -3.78. The minimum atomic E-state index is -4.44. The fourth-order valence-corrected chi connectivity index (χ4v) is 2.13. The highest BCUT2D eigenvalue weighted by atomic mass is 19.4. The van der Waals surface area contributed by atoms with Crippen molar-refractivity contribution in [3.63, 3.8) is 0 Å². The molecule has 0 spiro atoms. The van der Waals surface area contributed by atoms with Crippen LogP contribution in [-0.4, -0.2) is 30.3 Å². The smallest absolute Gasteiger partial charge is 0.405 e. The predicted molar refractivity (Wildman–Crippen MR) is 64.3 cm³/mol. The van der Waals surface area contributed by atoms with Gasteiger partial charge in [0.2, 0.25) is 0 Å². The van der Waals surface area contributed by atoms with Gasteiger partial charge in [-0.2, -0.15) is 13.2 Å². The molecule has 1 aromatic carbocycles. The van der Waals surface area contributed by atoms with Gasteiger partial charge in [-0.3, -0.25) is 4.79 Å². The van der Waals surface area contributed by atoms with Crippen molar-refractivity contribution in [2.75, 3.05) is 13.2 Å². The largest absolute Gasteiger partial charge is 0.483 e. The van der Waals surface area contributed by atoms with Gasteiger partial charge in [-0.05, 0) is 24.5 Å². The van der Waals surface area contributed by atoms with Gasteiger partial charge in [0.05, 0.1) is 6.10 Å². The zero-order chi connectivity index (χ0) is 14.8. The number of carbonyl (C=O) groups is 1. The number of alkyl halides is 3. The van der Waals surface area contributed by atoms with Gasteiger partial charge in [0.25, 0.3) is 5.91 Å². The summed E-state index contributed by atoms with van der Waals surface area (Å²) in [5.74, 6) is -0.403. The van der Waals surface area contributed by atoms with Crippen molar-refractivity contribution >= 4 is 5.91 Å². The van der Waals surface area contributed by atoms with E-state index in [9.17, 15) is 23.1 Å². The molecule has 1 unspecified atom stereocenters. The highest BCUT2D eigenvalue weighted by Crippen LogP contribution is 2.36. The van der Waals surface area contributed by atoms with Crippen molar-refractivity contribution in [2.24, 2.45) is 0 Å². The van der Waals surface area contributed by atoms with Crippen LogP contribution in [0.4, 0.5) is 13.2 Å². The standard InChI is InChI=1S/C13H14F3NO3/c14-13(15,16)7-17-12(19)6-20-11-3-1-2-8-9(11)4-5-10(8)18/h1-3,10,18H,4-7H2,(H,17,19). The first kappa shape index (κ1) is 14.6. The van der Waals surface area contributed by atoms with Crippen LogP contribution >= 0.6 is 0 Å². The second-order valence-corrected chi connectivity index (χ2v) is 4.56. The Hall–Kier alpha value is -1.76. The molecule has 20 heavy (non-hydrogen) atoms. The molecule has 1 aliphatic carbocycles. The van der Waals surface area contributed by atoms with Gasteiger partial charge in [-0.1, -0.05) is 12.1 Å². The predicted octanol–water partition coefficient (Wildman–Crippen LogP) is 1.72. The molecular weight excluding hydrogens is 275 g/mol. The Balaban J connectivity index is 1.91. The van der Waals surface area contributed by atoms with Gasteiger partial charge in [-0.15, -0.1) is 0 Å². The van der Waals surface area contributed by atoms with Crippen LogP contribution in [0, 0.1) is 0 Å². The first-order valence-corrected chi connectivity index (χ1v) is 6.13. The van der Waals surface area contributed by atoms with E-state index in [4.69, 9.17) is 4.74 Å². The van der Waals surface area contributed by atoms with E-state index < -0.39 is 31.3 Å². The topological polar surface area (TPSA) is 58.6 Å². The Kier molecular flexibility index (Phi) is 4.17. The molecule has 1 atom stereocenters. The molecule has 7 heteroatoms.